The van der Waals surface area contributed by atoms with Gasteiger partial charge in [-0.2, -0.15) is 5.10 Å². The molecule has 0 saturated carbocycles. The van der Waals surface area contributed by atoms with Gasteiger partial charge >= 0.3 is 0 Å². The number of amides is 2. The highest BCUT2D eigenvalue weighted by Crippen LogP contribution is 2.12. The molecule has 0 aliphatic carbocycles. The zero-order valence-electron chi connectivity index (χ0n) is 15.9. The first-order chi connectivity index (χ1) is 14.6. The summed E-state index contributed by atoms with van der Waals surface area (Å²) >= 11 is 0. The van der Waals surface area contributed by atoms with Crippen molar-refractivity contribution in [3.05, 3.63) is 94.8 Å². The normalized spacial score (nSPS) is 10.7. The molecule has 0 saturated heterocycles. The second kappa shape index (κ2) is 8.44. The largest absolute Gasteiger partial charge is 0.459 e. The smallest absolute Gasteiger partial charge is 0.291 e. The van der Waals surface area contributed by atoms with Gasteiger partial charge in [0.05, 0.1) is 17.8 Å². The minimum Gasteiger partial charge on any atom is -0.459 e. The van der Waals surface area contributed by atoms with Gasteiger partial charge in [0.1, 0.15) is 6.54 Å². The molecule has 2 heterocycles. The summed E-state index contributed by atoms with van der Waals surface area (Å²) in [7, 11) is 0. The van der Waals surface area contributed by atoms with Crippen LogP contribution in [0.1, 0.15) is 16.1 Å². The minimum absolute atomic E-state index is 0.166. The Bertz CT molecular complexity index is 1240. The number of hydrogen-bond acceptors (Lipinski definition) is 5. The number of hydrogen-bond donors (Lipinski definition) is 2. The van der Waals surface area contributed by atoms with Crippen molar-refractivity contribution in [3.8, 4) is 0 Å². The Kier molecular flexibility index (Phi) is 5.38. The molecule has 0 radical (unpaired) electrons. The van der Waals surface area contributed by atoms with E-state index in [0.29, 0.717) is 11.1 Å². The molecule has 0 aliphatic rings. The summed E-state index contributed by atoms with van der Waals surface area (Å²) in [6.07, 6.45) is 3.00. The Labute approximate surface area is 171 Å². The molecule has 150 valence electrons. The van der Waals surface area contributed by atoms with Gasteiger partial charge in [-0.1, -0.05) is 30.3 Å². The first kappa shape index (κ1) is 19.1. The Morgan fingerprint density at radius 1 is 1.00 bits per heavy atom. The zero-order valence-corrected chi connectivity index (χ0v) is 15.9. The fraction of sp³-hybridized carbons (Fsp3) is 0.0909. The number of carbonyl (C=O) groups is 2. The first-order valence-electron chi connectivity index (χ1n) is 9.25. The monoisotopic (exact) mass is 402 g/mol. The topological polar surface area (TPSA) is 106 Å². The third kappa shape index (κ3) is 4.27. The number of nitrogens with one attached hydrogen (secondary N) is 2. The number of rotatable bonds is 6. The lowest BCUT2D eigenvalue weighted by atomic mass is 10.2. The van der Waals surface area contributed by atoms with Crippen LogP contribution in [0.3, 0.4) is 0 Å². The molecule has 8 heteroatoms. The Morgan fingerprint density at radius 3 is 2.57 bits per heavy atom. The summed E-state index contributed by atoms with van der Waals surface area (Å²) in [5.41, 5.74) is 1.15. The quantitative estimate of drug-likeness (QED) is 0.516. The molecule has 0 spiro atoms. The van der Waals surface area contributed by atoms with Crippen LogP contribution in [0, 0.1) is 0 Å². The van der Waals surface area contributed by atoms with E-state index in [9.17, 15) is 14.4 Å². The SMILES string of the molecule is O=C(Cn1ncc2ccccc2c1=O)NCc1ccc(NC(=O)c2ccco2)cc1. The third-order valence-corrected chi connectivity index (χ3v) is 4.50. The summed E-state index contributed by atoms with van der Waals surface area (Å²) in [6, 6.07) is 17.4. The average Bonchev–Trinajstić information content (AvgIpc) is 3.31. The van der Waals surface area contributed by atoms with Gasteiger partial charge in [-0.3, -0.25) is 14.4 Å². The number of anilines is 1. The molecule has 0 unspecified atom stereocenters. The van der Waals surface area contributed by atoms with Crippen LogP contribution in [0.5, 0.6) is 0 Å². The van der Waals surface area contributed by atoms with Crippen molar-refractivity contribution in [2.24, 2.45) is 0 Å². The lowest BCUT2D eigenvalue weighted by molar-refractivity contribution is -0.122. The van der Waals surface area contributed by atoms with E-state index in [1.165, 1.54) is 6.26 Å². The van der Waals surface area contributed by atoms with Crippen LogP contribution in [-0.2, 0) is 17.9 Å². The Balaban J connectivity index is 1.33. The Morgan fingerprint density at radius 2 is 1.80 bits per heavy atom. The minimum atomic E-state index is -0.339. The Hall–Kier alpha value is -4.20. The van der Waals surface area contributed by atoms with Crippen LogP contribution >= 0.6 is 0 Å². The fourth-order valence-corrected chi connectivity index (χ4v) is 2.94. The van der Waals surface area contributed by atoms with Crippen molar-refractivity contribution >= 4 is 28.3 Å². The summed E-state index contributed by atoms with van der Waals surface area (Å²) in [5.74, 6) is -0.437. The van der Waals surface area contributed by atoms with Crippen molar-refractivity contribution in [2.45, 2.75) is 13.1 Å². The molecular weight excluding hydrogens is 384 g/mol. The fourth-order valence-electron chi connectivity index (χ4n) is 2.94. The maximum Gasteiger partial charge on any atom is 0.291 e. The maximum atomic E-state index is 12.4. The molecule has 0 atom stereocenters. The number of fused-ring (bicyclic) bond motifs is 1. The van der Waals surface area contributed by atoms with Crippen LogP contribution in [-0.4, -0.2) is 21.6 Å². The van der Waals surface area contributed by atoms with E-state index >= 15 is 0 Å². The molecule has 2 amide bonds. The van der Waals surface area contributed by atoms with Crippen molar-refractivity contribution in [3.63, 3.8) is 0 Å². The lowest BCUT2D eigenvalue weighted by Crippen LogP contribution is -2.33. The standard InChI is InChI=1S/C22H18N4O4/c27-20(14-26-22(29)18-5-2-1-4-16(18)13-24-26)23-12-15-7-9-17(10-8-15)25-21(28)19-6-3-11-30-19/h1-11,13H,12,14H2,(H,23,27)(H,25,28). The van der Waals surface area contributed by atoms with Gasteiger partial charge < -0.3 is 15.1 Å². The molecule has 4 rings (SSSR count). The number of furan rings is 1. The van der Waals surface area contributed by atoms with Crippen LogP contribution < -0.4 is 16.2 Å². The molecule has 30 heavy (non-hydrogen) atoms. The van der Waals surface area contributed by atoms with Crippen molar-refractivity contribution in [1.82, 2.24) is 15.1 Å². The predicted molar refractivity (Wildman–Crippen MR) is 111 cm³/mol. The van der Waals surface area contributed by atoms with Crippen LogP contribution in [0.2, 0.25) is 0 Å². The van der Waals surface area contributed by atoms with Gasteiger partial charge in [0, 0.05) is 17.6 Å². The molecule has 0 aliphatic heterocycles. The maximum absolute atomic E-state index is 12.4. The number of nitrogens with zero attached hydrogens (tertiary/aromatic N) is 2. The van der Waals surface area contributed by atoms with Gasteiger partial charge in [0.15, 0.2) is 5.76 Å². The van der Waals surface area contributed by atoms with E-state index in [1.54, 1.807) is 60.8 Å². The van der Waals surface area contributed by atoms with Crippen LogP contribution in [0.15, 0.2) is 82.3 Å². The summed E-state index contributed by atoms with van der Waals surface area (Å²) in [5, 5.41) is 10.8. The number of aromatic nitrogens is 2. The van der Waals surface area contributed by atoms with E-state index in [4.69, 9.17) is 4.42 Å². The molecule has 8 nitrogen and oxygen atoms in total. The van der Waals surface area contributed by atoms with E-state index in [1.807, 2.05) is 6.07 Å². The molecule has 2 aromatic carbocycles. The second-order valence-electron chi connectivity index (χ2n) is 6.60. The predicted octanol–water partition coefficient (Wildman–Crippen LogP) is 2.56. The number of carbonyl (C=O) groups excluding carboxylic acids is 2. The van der Waals surface area contributed by atoms with E-state index in [0.717, 1.165) is 15.6 Å². The molecule has 2 aromatic heterocycles. The third-order valence-electron chi connectivity index (χ3n) is 4.50. The number of benzene rings is 2. The molecule has 2 N–H and O–H groups in total. The van der Waals surface area contributed by atoms with Crippen molar-refractivity contribution in [1.29, 1.82) is 0 Å². The highest BCUT2D eigenvalue weighted by molar-refractivity contribution is 6.02. The molecule has 0 bridgehead atoms. The summed E-state index contributed by atoms with van der Waals surface area (Å²) in [4.78, 5) is 36.6. The van der Waals surface area contributed by atoms with Gasteiger partial charge in [0.2, 0.25) is 5.91 Å². The van der Waals surface area contributed by atoms with Gasteiger partial charge in [0.25, 0.3) is 11.5 Å². The summed E-state index contributed by atoms with van der Waals surface area (Å²) in [6.45, 7) is 0.120. The summed E-state index contributed by atoms with van der Waals surface area (Å²) < 4.78 is 6.19. The van der Waals surface area contributed by atoms with E-state index in [2.05, 4.69) is 15.7 Å². The molecular formula is C22H18N4O4. The van der Waals surface area contributed by atoms with Crippen LogP contribution in [0.4, 0.5) is 5.69 Å². The highest BCUT2D eigenvalue weighted by Gasteiger charge is 2.10. The van der Waals surface area contributed by atoms with E-state index in [-0.39, 0.29) is 36.2 Å². The van der Waals surface area contributed by atoms with Gasteiger partial charge in [-0.15, -0.1) is 0 Å². The lowest BCUT2D eigenvalue weighted by Gasteiger charge is -2.08. The average molecular weight is 402 g/mol. The second-order valence-corrected chi connectivity index (χ2v) is 6.60. The first-order valence-corrected chi connectivity index (χ1v) is 9.25. The van der Waals surface area contributed by atoms with Gasteiger partial charge in [-0.25, -0.2) is 4.68 Å². The van der Waals surface area contributed by atoms with Gasteiger partial charge in [-0.05, 0) is 35.9 Å². The zero-order chi connectivity index (χ0) is 20.9. The van der Waals surface area contributed by atoms with Crippen molar-refractivity contribution < 1.29 is 14.0 Å². The molecule has 4 aromatic rings. The highest BCUT2D eigenvalue weighted by atomic mass is 16.3. The molecule has 0 fully saturated rings. The van der Waals surface area contributed by atoms with Crippen molar-refractivity contribution in [2.75, 3.05) is 5.32 Å². The van der Waals surface area contributed by atoms with E-state index < -0.39 is 0 Å². The van der Waals surface area contributed by atoms with Crippen LogP contribution in [0.25, 0.3) is 10.8 Å².